The van der Waals surface area contributed by atoms with Crippen molar-refractivity contribution in [3.63, 3.8) is 0 Å². The zero-order valence-electron chi connectivity index (χ0n) is 5.80. The molecule has 9 heavy (non-hydrogen) atoms. The Morgan fingerprint density at radius 3 is 3.11 bits per heavy atom. The Morgan fingerprint density at radius 1 is 1.67 bits per heavy atom. The first kappa shape index (κ1) is 7.76. The number of hydrogen-bond donors (Lipinski definition) is 0. The number of thioether (sulfide) groups is 1. The van der Waals surface area contributed by atoms with Gasteiger partial charge in [0.1, 0.15) is 0 Å². The molecule has 3 heteroatoms. The quantitative estimate of drug-likeness (QED) is 0.586. The van der Waals surface area contributed by atoms with Crippen LogP contribution in [0, 0.1) is 0 Å². The van der Waals surface area contributed by atoms with Crippen LogP contribution >= 0.6 is 23.7 Å². The van der Waals surface area contributed by atoms with Crippen molar-refractivity contribution in [1.29, 1.82) is 0 Å². The molecule has 0 atom stereocenters. The van der Waals surface area contributed by atoms with Crippen molar-refractivity contribution in [2.24, 2.45) is 0 Å². The van der Waals surface area contributed by atoms with E-state index in [2.05, 4.69) is 11.2 Å². The minimum Gasteiger partial charge on any atom is -0.240 e. The molecular formula is C6H13NS2. The van der Waals surface area contributed by atoms with Crippen molar-refractivity contribution in [1.82, 2.24) is 4.31 Å². The van der Waals surface area contributed by atoms with Crippen molar-refractivity contribution in [3.8, 4) is 0 Å². The molecule has 1 rings (SSSR count). The van der Waals surface area contributed by atoms with Crippen LogP contribution in [0.25, 0.3) is 0 Å². The molecule has 0 radical (unpaired) electrons. The lowest BCUT2D eigenvalue weighted by Crippen LogP contribution is -2.09. The second kappa shape index (κ2) is 4.47. The predicted molar refractivity (Wildman–Crippen MR) is 46.8 cm³/mol. The van der Waals surface area contributed by atoms with E-state index in [1.807, 2.05) is 23.7 Å². The van der Waals surface area contributed by atoms with Crippen LogP contribution in [0.4, 0.5) is 0 Å². The Labute approximate surface area is 65.7 Å². The smallest absolute Gasteiger partial charge is 0.0547 e. The van der Waals surface area contributed by atoms with Gasteiger partial charge in [0.05, 0.1) is 5.88 Å². The van der Waals surface area contributed by atoms with Crippen molar-refractivity contribution in [2.75, 3.05) is 23.9 Å². The average molecular weight is 163 g/mol. The van der Waals surface area contributed by atoms with Gasteiger partial charge in [-0.25, -0.2) is 4.31 Å². The number of hydrogen-bond acceptors (Lipinski definition) is 3. The summed E-state index contributed by atoms with van der Waals surface area (Å²) in [5, 5.41) is 0. The van der Waals surface area contributed by atoms with Crippen LogP contribution in [-0.4, -0.2) is 28.2 Å². The van der Waals surface area contributed by atoms with E-state index >= 15 is 0 Å². The molecule has 0 amide bonds. The summed E-state index contributed by atoms with van der Waals surface area (Å²) in [5.41, 5.74) is 0. The molecule has 1 fully saturated rings. The molecule has 54 valence electrons. The minimum atomic E-state index is 1.24. The fraction of sp³-hybridized carbons (Fsp3) is 1.00. The zero-order valence-corrected chi connectivity index (χ0v) is 7.43. The highest BCUT2D eigenvalue weighted by Crippen LogP contribution is 2.21. The lowest BCUT2D eigenvalue weighted by atomic mass is 10.6. The lowest BCUT2D eigenvalue weighted by molar-refractivity contribution is 0.611. The first-order valence-corrected chi connectivity index (χ1v) is 5.49. The van der Waals surface area contributed by atoms with Gasteiger partial charge in [0.15, 0.2) is 0 Å². The van der Waals surface area contributed by atoms with E-state index in [0.717, 1.165) is 0 Å². The van der Waals surface area contributed by atoms with Gasteiger partial charge < -0.3 is 0 Å². The highest BCUT2D eigenvalue weighted by Gasteiger charge is 2.10. The fourth-order valence-corrected chi connectivity index (χ4v) is 2.83. The summed E-state index contributed by atoms with van der Waals surface area (Å²) in [5.74, 6) is 3.86. The van der Waals surface area contributed by atoms with Crippen molar-refractivity contribution < 1.29 is 0 Å². The van der Waals surface area contributed by atoms with Gasteiger partial charge in [-0.15, -0.1) is 11.8 Å². The van der Waals surface area contributed by atoms with E-state index in [9.17, 15) is 0 Å². The molecule has 0 spiro atoms. The minimum absolute atomic E-state index is 1.24. The Hall–Kier alpha value is 0.660. The van der Waals surface area contributed by atoms with Gasteiger partial charge in [-0.3, -0.25) is 0 Å². The maximum atomic E-state index is 2.45. The molecule has 0 saturated carbocycles. The number of nitrogens with zero attached hydrogens (tertiary/aromatic N) is 1. The van der Waals surface area contributed by atoms with Gasteiger partial charge in [0, 0.05) is 18.1 Å². The molecule has 1 aliphatic rings. The van der Waals surface area contributed by atoms with E-state index < -0.39 is 0 Å². The highest BCUT2D eigenvalue weighted by molar-refractivity contribution is 8.02. The highest BCUT2D eigenvalue weighted by atomic mass is 32.2. The fourth-order valence-electron chi connectivity index (χ4n) is 0.719. The summed E-state index contributed by atoms with van der Waals surface area (Å²) < 4.78 is 2.45. The summed E-state index contributed by atoms with van der Waals surface area (Å²) in [6, 6.07) is 0. The van der Waals surface area contributed by atoms with Gasteiger partial charge in [0.2, 0.25) is 0 Å². The third-order valence-electron chi connectivity index (χ3n) is 1.20. The van der Waals surface area contributed by atoms with E-state index in [0.29, 0.717) is 0 Å². The van der Waals surface area contributed by atoms with Crippen LogP contribution < -0.4 is 0 Å². The second-order valence-electron chi connectivity index (χ2n) is 2.08. The molecule has 0 aromatic carbocycles. The molecule has 0 N–H and O–H groups in total. The molecule has 0 aromatic rings. The summed E-state index contributed by atoms with van der Waals surface area (Å²) >= 11 is 4.03. The van der Waals surface area contributed by atoms with Crippen LogP contribution in [0.2, 0.25) is 0 Å². The average Bonchev–Trinajstić information content (AvgIpc) is 2.34. The van der Waals surface area contributed by atoms with Gasteiger partial charge in [0.25, 0.3) is 0 Å². The first-order chi connectivity index (χ1) is 4.43. The first-order valence-electron chi connectivity index (χ1n) is 3.39. The van der Waals surface area contributed by atoms with Crippen molar-refractivity contribution in [2.45, 2.75) is 13.3 Å². The van der Waals surface area contributed by atoms with Crippen LogP contribution in [-0.2, 0) is 0 Å². The molecule has 1 aliphatic heterocycles. The van der Waals surface area contributed by atoms with Gasteiger partial charge in [-0.05, 0) is 6.42 Å². The Bertz CT molecular complexity index is 71.5. The molecule has 0 bridgehead atoms. The van der Waals surface area contributed by atoms with E-state index in [1.54, 1.807) is 0 Å². The maximum absolute atomic E-state index is 2.45. The summed E-state index contributed by atoms with van der Waals surface area (Å²) in [6.07, 6.45) is 1.30. The molecule has 1 nitrogen and oxygen atoms in total. The standard InChI is InChI=1S/C6H13NS2/c1-2-4-9-7-3-5-8-6-7/h2-6H2,1H3. The van der Waals surface area contributed by atoms with Gasteiger partial charge >= 0.3 is 0 Å². The summed E-state index contributed by atoms with van der Waals surface area (Å²) in [6.45, 7) is 3.52. The maximum Gasteiger partial charge on any atom is 0.0547 e. The SMILES string of the molecule is CCCSN1CCSC1. The third kappa shape index (κ3) is 2.83. The van der Waals surface area contributed by atoms with Crippen LogP contribution in [0.1, 0.15) is 13.3 Å². The van der Waals surface area contributed by atoms with E-state index in [4.69, 9.17) is 0 Å². The van der Waals surface area contributed by atoms with Crippen LogP contribution in [0.15, 0.2) is 0 Å². The second-order valence-corrected chi connectivity index (χ2v) is 4.33. The van der Waals surface area contributed by atoms with Crippen molar-refractivity contribution >= 4 is 23.7 Å². The molecule has 0 aromatic heterocycles. The predicted octanol–water partition coefficient (Wildman–Crippen LogP) is 2.05. The Kier molecular flexibility index (Phi) is 3.86. The molecule has 1 saturated heterocycles. The third-order valence-corrected chi connectivity index (χ3v) is 3.59. The van der Waals surface area contributed by atoms with Crippen LogP contribution in [0.3, 0.4) is 0 Å². The molecule has 0 unspecified atom stereocenters. The topological polar surface area (TPSA) is 3.24 Å². The largest absolute Gasteiger partial charge is 0.240 e. The molecule has 1 heterocycles. The number of rotatable bonds is 3. The summed E-state index contributed by atoms with van der Waals surface area (Å²) in [4.78, 5) is 0. The van der Waals surface area contributed by atoms with Crippen molar-refractivity contribution in [3.05, 3.63) is 0 Å². The Morgan fingerprint density at radius 2 is 2.56 bits per heavy atom. The lowest BCUT2D eigenvalue weighted by Gasteiger charge is -2.10. The Balaban J connectivity index is 1.98. The normalized spacial score (nSPS) is 21.0. The summed E-state index contributed by atoms with van der Waals surface area (Å²) in [7, 11) is 0. The van der Waals surface area contributed by atoms with Gasteiger partial charge in [-0.1, -0.05) is 18.9 Å². The molecular weight excluding hydrogens is 150 g/mol. The molecule has 0 aliphatic carbocycles. The monoisotopic (exact) mass is 163 g/mol. The van der Waals surface area contributed by atoms with E-state index in [-0.39, 0.29) is 0 Å². The van der Waals surface area contributed by atoms with E-state index in [1.165, 1.54) is 30.3 Å². The van der Waals surface area contributed by atoms with Crippen LogP contribution in [0.5, 0.6) is 0 Å². The zero-order chi connectivity index (χ0) is 6.53. The van der Waals surface area contributed by atoms with Gasteiger partial charge in [-0.2, -0.15) is 0 Å².